The van der Waals surface area contributed by atoms with Crippen LogP contribution >= 0.6 is 11.6 Å². The van der Waals surface area contributed by atoms with E-state index < -0.39 is 5.82 Å². The highest BCUT2D eigenvalue weighted by Gasteiger charge is 2.08. The molecule has 3 aromatic rings. The van der Waals surface area contributed by atoms with Crippen molar-refractivity contribution in [3.05, 3.63) is 82.1 Å². The van der Waals surface area contributed by atoms with Gasteiger partial charge in [0.25, 0.3) is 0 Å². The number of nitriles is 1. The van der Waals surface area contributed by atoms with E-state index >= 15 is 0 Å². The van der Waals surface area contributed by atoms with E-state index in [9.17, 15) is 4.39 Å². The van der Waals surface area contributed by atoms with Gasteiger partial charge in [-0.25, -0.2) is 14.4 Å². The lowest BCUT2D eigenvalue weighted by atomic mass is 10.1. The van der Waals surface area contributed by atoms with Crippen LogP contribution in [0.3, 0.4) is 0 Å². The van der Waals surface area contributed by atoms with Gasteiger partial charge in [0.2, 0.25) is 0 Å². The Hall–Kier alpha value is -2.97. The summed E-state index contributed by atoms with van der Waals surface area (Å²) in [5.41, 5.74) is 3.16. The highest BCUT2D eigenvalue weighted by molar-refractivity contribution is 6.31. The molecule has 0 amide bonds. The summed E-state index contributed by atoms with van der Waals surface area (Å²) < 4.78 is 19.5. The Morgan fingerprint density at radius 3 is 2.50 bits per heavy atom. The number of rotatable bonds is 7. The molecular weight excluding hydrogens is 377 g/mol. The summed E-state index contributed by atoms with van der Waals surface area (Å²) in [6.07, 6.45) is 4.91. The first-order valence-corrected chi connectivity index (χ1v) is 9.43. The zero-order chi connectivity index (χ0) is 19.9. The third-order valence-corrected chi connectivity index (χ3v) is 4.80. The standard InChI is InChI=1S/C22H19ClFN3O/c1-2-19-22(23)20(27-14-26-19)5-3-4-15-6-9-17(10-7-15)28-21-11-8-16(13-25)12-18(21)24/h6-12,14H,2-5H2,1H3. The molecule has 2 aromatic carbocycles. The Kier molecular flexibility index (Phi) is 6.57. The number of nitrogens with zero attached hydrogens (tertiary/aromatic N) is 3. The molecule has 6 heteroatoms. The Bertz CT molecular complexity index is 1000. The Balaban J connectivity index is 1.57. The van der Waals surface area contributed by atoms with E-state index in [4.69, 9.17) is 21.6 Å². The summed E-state index contributed by atoms with van der Waals surface area (Å²) in [6.45, 7) is 2.02. The highest BCUT2D eigenvalue weighted by Crippen LogP contribution is 2.26. The maximum Gasteiger partial charge on any atom is 0.167 e. The first kappa shape index (κ1) is 19.8. The van der Waals surface area contributed by atoms with Crippen molar-refractivity contribution in [3.8, 4) is 17.6 Å². The molecule has 3 rings (SSSR count). The van der Waals surface area contributed by atoms with Gasteiger partial charge in [-0.2, -0.15) is 5.26 Å². The highest BCUT2D eigenvalue weighted by atomic mass is 35.5. The number of aryl methyl sites for hydroxylation is 3. The lowest BCUT2D eigenvalue weighted by Gasteiger charge is -2.09. The van der Waals surface area contributed by atoms with Crippen molar-refractivity contribution in [2.45, 2.75) is 32.6 Å². The second-order valence-corrected chi connectivity index (χ2v) is 6.67. The van der Waals surface area contributed by atoms with Crippen LogP contribution in [0.25, 0.3) is 0 Å². The third-order valence-electron chi connectivity index (χ3n) is 4.36. The van der Waals surface area contributed by atoms with Crippen LogP contribution in [0.5, 0.6) is 11.5 Å². The average molecular weight is 396 g/mol. The molecule has 0 N–H and O–H groups in total. The molecule has 142 valence electrons. The molecule has 1 heterocycles. The topological polar surface area (TPSA) is 58.8 Å². The Morgan fingerprint density at radius 2 is 1.82 bits per heavy atom. The van der Waals surface area contributed by atoms with Crippen LogP contribution in [-0.2, 0) is 19.3 Å². The minimum absolute atomic E-state index is 0.0943. The minimum Gasteiger partial charge on any atom is -0.454 e. The molecular formula is C22H19ClFN3O. The molecule has 0 aliphatic carbocycles. The van der Waals surface area contributed by atoms with Crippen molar-refractivity contribution in [2.24, 2.45) is 0 Å². The number of hydrogen-bond donors (Lipinski definition) is 0. The zero-order valence-corrected chi connectivity index (χ0v) is 16.2. The molecule has 0 fully saturated rings. The monoisotopic (exact) mass is 395 g/mol. The summed E-state index contributed by atoms with van der Waals surface area (Å²) in [6, 6.07) is 13.6. The quantitative estimate of drug-likeness (QED) is 0.517. The van der Waals surface area contributed by atoms with Gasteiger partial charge < -0.3 is 4.74 Å². The number of halogens is 2. The van der Waals surface area contributed by atoms with Gasteiger partial charge in [0, 0.05) is 0 Å². The van der Waals surface area contributed by atoms with Crippen molar-refractivity contribution < 1.29 is 9.13 Å². The van der Waals surface area contributed by atoms with Gasteiger partial charge in [0.1, 0.15) is 12.1 Å². The molecule has 4 nitrogen and oxygen atoms in total. The first-order valence-electron chi connectivity index (χ1n) is 9.05. The fourth-order valence-corrected chi connectivity index (χ4v) is 3.16. The molecule has 0 radical (unpaired) electrons. The van der Waals surface area contributed by atoms with Gasteiger partial charge in [0.15, 0.2) is 11.6 Å². The number of benzene rings is 2. The fraction of sp³-hybridized carbons (Fsp3) is 0.227. The molecule has 0 spiro atoms. The molecule has 28 heavy (non-hydrogen) atoms. The van der Waals surface area contributed by atoms with E-state index in [1.54, 1.807) is 18.5 Å². The summed E-state index contributed by atoms with van der Waals surface area (Å²) >= 11 is 6.33. The van der Waals surface area contributed by atoms with Crippen LogP contribution in [0.1, 0.15) is 35.9 Å². The Morgan fingerprint density at radius 1 is 1.07 bits per heavy atom. The lowest BCUT2D eigenvalue weighted by Crippen LogP contribution is -1.99. The third kappa shape index (κ3) is 4.85. The smallest absolute Gasteiger partial charge is 0.167 e. The second kappa shape index (κ2) is 9.29. The van der Waals surface area contributed by atoms with Crippen molar-refractivity contribution in [1.82, 2.24) is 9.97 Å². The van der Waals surface area contributed by atoms with Crippen molar-refractivity contribution in [3.63, 3.8) is 0 Å². The average Bonchev–Trinajstić information content (AvgIpc) is 2.72. The van der Waals surface area contributed by atoms with Gasteiger partial charge in [-0.05, 0) is 61.6 Å². The van der Waals surface area contributed by atoms with Gasteiger partial charge in [-0.1, -0.05) is 30.7 Å². The lowest BCUT2D eigenvalue weighted by molar-refractivity contribution is 0.442. The van der Waals surface area contributed by atoms with Gasteiger partial charge >= 0.3 is 0 Å². The molecule has 0 saturated carbocycles. The summed E-state index contributed by atoms with van der Waals surface area (Å²) in [4.78, 5) is 8.46. The Labute approximate surface area is 168 Å². The summed E-state index contributed by atoms with van der Waals surface area (Å²) in [5, 5.41) is 9.45. The van der Waals surface area contributed by atoms with E-state index in [2.05, 4.69) is 9.97 Å². The van der Waals surface area contributed by atoms with Gasteiger partial charge in [-0.3, -0.25) is 0 Å². The molecule has 0 bridgehead atoms. The van der Waals surface area contributed by atoms with Crippen molar-refractivity contribution in [2.75, 3.05) is 0 Å². The molecule has 0 saturated heterocycles. The van der Waals surface area contributed by atoms with Crippen LogP contribution in [-0.4, -0.2) is 9.97 Å². The first-order chi connectivity index (χ1) is 13.6. The van der Waals surface area contributed by atoms with Gasteiger partial charge in [-0.15, -0.1) is 0 Å². The van der Waals surface area contributed by atoms with Crippen molar-refractivity contribution in [1.29, 1.82) is 5.26 Å². The number of aromatic nitrogens is 2. The van der Waals surface area contributed by atoms with E-state index in [0.717, 1.165) is 48.7 Å². The molecule has 0 aliphatic rings. The summed E-state index contributed by atoms with van der Waals surface area (Å²) in [7, 11) is 0. The van der Waals surface area contributed by atoms with Gasteiger partial charge in [0.05, 0.1) is 28.0 Å². The number of ether oxygens (including phenoxy) is 1. The molecule has 1 aromatic heterocycles. The largest absolute Gasteiger partial charge is 0.454 e. The van der Waals surface area contributed by atoms with Crippen LogP contribution < -0.4 is 4.74 Å². The van der Waals surface area contributed by atoms with Crippen LogP contribution in [0.15, 0.2) is 48.8 Å². The van der Waals surface area contributed by atoms with Crippen molar-refractivity contribution >= 4 is 11.6 Å². The maximum atomic E-state index is 13.9. The maximum absolute atomic E-state index is 13.9. The second-order valence-electron chi connectivity index (χ2n) is 6.29. The predicted molar refractivity (Wildman–Crippen MR) is 106 cm³/mol. The summed E-state index contributed by atoms with van der Waals surface area (Å²) in [5.74, 6) is 0.0759. The minimum atomic E-state index is -0.559. The van der Waals surface area contributed by atoms with E-state index in [1.165, 1.54) is 12.1 Å². The van der Waals surface area contributed by atoms with E-state index in [-0.39, 0.29) is 11.3 Å². The molecule has 0 atom stereocenters. The molecule has 0 unspecified atom stereocenters. The fourth-order valence-electron chi connectivity index (χ4n) is 2.83. The van der Waals surface area contributed by atoms with E-state index in [1.807, 2.05) is 25.1 Å². The van der Waals surface area contributed by atoms with Crippen LogP contribution in [0, 0.1) is 17.1 Å². The normalized spacial score (nSPS) is 10.5. The van der Waals surface area contributed by atoms with Crippen LogP contribution in [0.4, 0.5) is 4.39 Å². The predicted octanol–water partition coefficient (Wildman–Crippen LogP) is 5.67. The number of hydrogen-bond acceptors (Lipinski definition) is 4. The van der Waals surface area contributed by atoms with E-state index in [0.29, 0.717) is 10.8 Å². The SMILES string of the molecule is CCc1ncnc(CCCc2ccc(Oc3ccc(C#N)cc3F)cc2)c1Cl. The molecule has 0 aliphatic heterocycles. The zero-order valence-electron chi connectivity index (χ0n) is 15.5. The van der Waals surface area contributed by atoms with Crippen LogP contribution in [0.2, 0.25) is 5.02 Å².